The lowest BCUT2D eigenvalue weighted by Gasteiger charge is -2.09. The molecule has 1 N–H and O–H groups in total. The molecule has 0 aliphatic heterocycles. The summed E-state index contributed by atoms with van der Waals surface area (Å²) in [7, 11) is 0. The Balaban J connectivity index is 2.46. The number of hydrogen-bond acceptors (Lipinski definition) is 4. The molecule has 15 heavy (non-hydrogen) atoms. The number of aliphatic hydroxyl groups excluding tert-OH is 1. The van der Waals surface area contributed by atoms with E-state index in [1.807, 2.05) is 6.92 Å². The molecule has 1 atom stereocenters. The first-order valence-electron chi connectivity index (χ1n) is 5.00. The van der Waals surface area contributed by atoms with Gasteiger partial charge in [-0.3, -0.25) is 4.98 Å². The highest BCUT2D eigenvalue weighted by Gasteiger charge is 2.18. The zero-order chi connectivity index (χ0) is 11.1. The molecule has 1 rings (SSSR count). The van der Waals surface area contributed by atoms with Gasteiger partial charge in [-0.2, -0.15) is 0 Å². The van der Waals surface area contributed by atoms with E-state index in [1.54, 1.807) is 18.3 Å². The van der Waals surface area contributed by atoms with Gasteiger partial charge in [0.05, 0.1) is 6.61 Å². The van der Waals surface area contributed by atoms with Crippen LogP contribution in [0.1, 0.15) is 31.4 Å². The Morgan fingerprint density at radius 1 is 1.67 bits per heavy atom. The summed E-state index contributed by atoms with van der Waals surface area (Å²) in [4.78, 5) is 15.1. The minimum atomic E-state index is -1.23. The molecule has 0 bridgehead atoms. The second-order valence-corrected chi connectivity index (χ2v) is 3.21. The van der Waals surface area contributed by atoms with Gasteiger partial charge in [0.15, 0.2) is 6.10 Å². The van der Waals surface area contributed by atoms with E-state index in [9.17, 15) is 9.90 Å². The molecule has 1 aromatic rings. The molecule has 1 aromatic heterocycles. The van der Waals surface area contributed by atoms with Crippen LogP contribution >= 0.6 is 0 Å². The van der Waals surface area contributed by atoms with E-state index in [4.69, 9.17) is 4.74 Å². The van der Waals surface area contributed by atoms with E-state index in [1.165, 1.54) is 6.20 Å². The van der Waals surface area contributed by atoms with Gasteiger partial charge in [-0.15, -0.1) is 0 Å². The highest BCUT2D eigenvalue weighted by atomic mass is 16.5. The van der Waals surface area contributed by atoms with Crippen molar-refractivity contribution in [2.45, 2.75) is 25.9 Å². The molecule has 0 saturated heterocycles. The number of aromatic nitrogens is 1. The fourth-order valence-electron chi connectivity index (χ4n) is 1.07. The number of nitrogens with zero attached hydrogens (tertiary/aromatic N) is 1. The molecule has 0 aliphatic carbocycles. The van der Waals surface area contributed by atoms with E-state index < -0.39 is 12.1 Å². The number of pyridine rings is 1. The van der Waals surface area contributed by atoms with Crippen LogP contribution in [0.25, 0.3) is 0 Å². The summed E-state index contributed by atoms with van der Waals surface area (Å²) in [5.41, 5.74) is 0.457. The zero-order valence-corrected chi connectivity index (χ0v) is 8.72. The molecule has 0 amide bonds. The van der Waals surface area contributed by atoms with Crippen LogP contribution in [0.4, 0.5) is 0 Å². The fourth-order valence-corrected chi connectivity index (χ4v) is 1.07. The Bertz CT molecular complexity index is 300. The van der Waals surface area contributed by atoms with Crippen molar-refractivity contribution in [2.75, 3.05) is 6.61 Å². The molecule has 0 fully saturated rings. The molecule has 4 heteroatoms. The van der Waals surface area contributed by atoms with Crippen LogP contribution in [0.2, 0.25) is 0 Å². The van der Waals surface area contributed by atoms with Crippen LogP contribution in [0.15, 0.2) is 24.5 Å². The lowest BCUT2D eigenvalue weighted by Crippen LogP contribution is -2.16. The maximum absolute atomic E-state index is 11.3. The number of unbranched alkanes of at least 4 members (excludes halogenated alkanes) is 1. The van der Waals surface area contributed by atoms with Crippen molar-refractivity contribution in [3.05, 3.63) is 30.1 Å². The average molecular weight is 209 g/mol. The Labute approximate surface area is 88.9 Å². The second-order valence-electron chi connectivity index (χ2n) is 3.21. The van der Waals surface area contributed by atoms with Crippen molar-refractivity contribution in [3.8, 4) is 0 Å². The minimum Gasteiger partial charge on any atom is -0.464 e. The zero-order valence-electron chi connectivity index (χ0n) is 8.72. The van der Waals surface area contributed by atoms with Crippen molar-refractivity contribution in [3.63, 3.8) is 0 Å². The number of ether oxygens (including phenoxy) is 1. The fraction of sp³-hybridized carbons (Fsp3) is 0.455. The van der Waals surface area contributed by atoms with E-state index >= 15 is 0 Å². The van der Waals surface area contributed by atoms with Crippen LogP contribution in [0, 0.1) is 0 Å². The third-order valence-electron chi connectivity index (χ3n) is 1.97. The number of rotatable bonds is 5. The molecule has 82 valence electrons. The summed E-state index contributed by atoms with van der Waals surface area (Å²) in [6.07, 6.45) is 3.57. The molecule has 0 aromatic carbocycles. The van der Waals surface area contributed by atoms with Gasteiger partial charge >= 0.3 is 5.97 Å². The van der Waals surface area contributed by atoms with E-state index in [2.05, 4.69) is 4.98 Å². The molecule has 0 saturated carbocycles. The SMILES string of the molecule is CCCCOC(=O)C(O)c1cccnc1. The van der Waals surface area contributed by atoms with Gasteiger partial charge < -0.3 is 9.84 Å². The Hall–Kier alpha value is -1.42. The van der Waals surface area contributed by atoms with Crippen molar-refractivity contribution in [2.24, 2.45) is 0 Å². The van der Waals surface area contributed by atoms with Gasteiger partial charge in [0.25, 0.3) is 0 Å². The number of carbonyl (C=O) groups excluding carboxylic acids is 1. The average Bonchev–Trinajstić information content (AvgIpc) is 2.29. The summed E-state index contributed by atoms with van der Waals surface area (Å²) in [6.45, 7) is 2.36. The van der Waals surface area contributed by atoms with Crippen molar-refractivity contribution in [1.29, 1.82) is 0 Å². The lowest BCUT2D eigenvalue weighted by atomic mass is 10.2. The third-order valence-corrected chi connectivity index (χ3v) is 1.97. The summed E-state index contributed by atoms with van der Waals surface area (Å²) >= 11 is 0. The number of esters is 1. The topological polar surface area (TPSA) is 59.4 Å². The van der Waals surface area contributed by atoms with Gasteiger partial charge in [0.1, 0.15) is 0 Å². The highest BCUT2D eigenvalue weighted by Crippen LogP contribution is 2.12. The van der Waals surface area contributed by atoms with Crippen LogP contribution in [-0.4, -0.2) is 22.7 Å². The maximum Gasteiger partial charge on any atom is 0.339 e. The van der Waals surface area contributed by atoms with Gasteiger partial charge in [0, 0.05) is 18.0 Å². The lowest BCUT2D eigenvalue weighted by molar-refractivity contribution is -0.154. The molecule has 0 aliphatic rings. The summed E-state index contributed by atoms with van der Waals surface area (Å²) in [5, 5.41) is 9.57. The minimum absolute atomic E-state index is 0.354. The first kappa shape index (κ1) is 11.7. The third kappa shape index (κ3) is 3.67. The Morgan fingerprint density at radius 2 is 2.47 bits per heavy atom. The Kier molecular flexibility index (Phi) is 4.77. The van der Waals surface area contributed by atoms with Crippen molar-refractivity contribution >= 4 is 5.97 Å². The molecule has 1 heterocycles. The first-order valence-corrected chi connectivity index (χ1v) is 5.00. The summed E-state index contributed by atoms with van der Waals surface area (Å²) in [6, 6.07) is 3.30. The largest absolute Gasteiger partial charge is 0.464 e. The van der Waals surface area contributed by atoms with Crippen LogP contribution in [-0.2, 0) is 9.53 Å². The number of aliphatic hydroxyl groups is 1. The van der Waals surface area contributed by atoms with Crippen LogP contribution in [0.3, 0.4) is 0 Å². The predicted octanol–water partition coefficient (Wildman–Crippen LogP) is 1.46. The standard InChI is InChI=1S/C11H15NO3/c1-2-3-7-15-11(14)10(13)9-5-4-6-12-8-9/h4-6,8,10,13H,2-3,7H2,1H3. The van der Waals surface area contributed by atoms with Crippen LogP contribution in [0.5, 0.6) is 0 Å². The first-order chi connectivity index (χ1) is 7.25. The molecule has 0 radical (unpaired) electrons. The monoisotopic (exact) mass is 209 g/mol. The van der Waals surface area contributed by atoms with Gasteiger partial charge in [0.2, 0.25) is 0 Å². The second kappa shape index (κ2) is 6.14. The molecule has 0 spiro atoms. The molecule has 4 nitrogen and oxygen atoms in total. The smallest absolute Gasteiger partial charge is 0.339 e. The summed E-state index contributed by atoms with van der Waals surface area (Å²) in [5.74, 6) is -0.614. The molecular formula is C11H15NO3. The van der Waals surface area contributed by atoms with E-state index in [0.29, 0.717) is 12.2 Å². The van der Waals surface area contributed by atoms with Gasteiger partial charge in [-0.25, -0.2) is 4.79 Å². The van der Waals surface area contributed by atoms with E-state index in [0.717, 1.165) is 12.8 Å². The maximum atomic E-state index is 11.3. The quantitative estimate of drug-likeness (QED) is 0.589. The summed E-state index contributed by atoms with van der Waals surface area (Å²) < 4.78 is 4.88. The predicted molar refractivity (Wildman–Crippen MR) is 55.1 cm³/mol. The van der Waals surface area contributed by atoms with Gasteiger partial charge in [-0.1, -0.05) is 19.4 Å². The Morgan fingerprint density at radius 3 is 3.07 bits per heavy atom. The van der Waals surface area contributed by atoms with Gasteiger partial charge in [-0.05, 0) is 12.5 Å². The number of carbonyl (C=O) groups is 1. The van der Waals surface area contributed by atoms with Crippen molar-refractivity contribution < 1.29 is 14.6 Å². The number of hydrogen-bond donors (Lipinski definition) is 1. The molecular weight excluding hydrogens is 194 g/mol. The van der Waals surface area contributed by atoms with Crippen LogP contribution < -0.4 is 0 Å². The highest BCUT2D eigenvalue weighted by molar-refractivity contribution is 5.76. The normalized spacial score (nSPS) is 12.1. The molecule has 1 unspecified atom stereocenters. The van der Waals surface area contributed by atoms with Crippen molar-refractivity contribution in [1.82, 2.24) is 4.98 Å². The van der Waals surface area contributed by atoms with E-state index in [-0.39, 0.29) is 0 Å².